The first-order valence-corrected chi connectivity index (χ1v) is 9.17. The summed E-state index contributed by atoms with van der Waals surface area (Å²) in [5.74, 6) is 0.241. The van der Waals surface area contributed by atoms with E-state index in [0.29, 0.717) is 28.8 Å². The van der Waals surface area contributed by atoms with Crippen LogP contribution in [0.5, 0.6) is 0 Å². The molecule has 2 aromatic rings. The predicted molar refractivity (Wildman–Crippen MR) is 101 cm³/mol. The molecule has 0 unspecified atom stereocenters. The fourth-order valence-electron chi connectivity index (χ4n) is 3.78. The van der Waals surface area contributed by atoms with Gasteiger partial charge >= 0.3 is 0 Å². The standard InChI is InChI=1S/C21H26FN3O/c1-4-6-17-13-25(14-20(17)24(2)3)21(26)16-9-10-19(23-12-16)15-7-5-8-18(22)11-15/h5,7-12,17,20H,4,6,13-14H2,1-3H3/t17-,20-/m1/s1. The Morgan fingerprint density at radius 2 is 2.08 bits per heavy atom. The summed E-state index contributed by atoms with van der Waals surface area (Å²) in [5.41, 5.74) is 1.96. The highest BCUT2D eigenvalue weighted by atomic mass is 19.1. The lowest BCUT2D eigenvalue weighted by atomic mass is 9.98. The number of hydrogen-bond acceptors (Lipinski definition) is 3. The first-order chi connectivity index (χ1) is 12.5. The van der Waals surface area contributed by atoms with Crippen molar-refractivity contribution in [2.75, 3.05) is 27.2 Å². The van der Waals surface area contributed by atoms with Gasteiger partial charge in [0.2, 0.25) is 0 Å². The van der Waals surface area contributed by atoms with E-state index in [1.807, 2.05) is 11.0 Å². The second kappa shape index (κ2) is 7.96. The van der Waals surface area contributed by atoms with Crippen LogP contribution in [0, 0.1) is 11.7 Å². The van der Waals surface area contributed by atoms with Crippen LogP contribution in [0.15, 0.2) is 42.6 Å². The maximum atomic E-state index is 13.4. The first kappa shape index (κ1) is 18.5. The van der Waals surface area contributed by atoms with E-state index >= 15 is 0 Å². The summed E-state index contributed by atoms with van der Waals surface area (Å²) >= 11 is 0. The molecule has 2 heterocycles. The van der Waals surface area contributed by atoms with Crippen molar-refractivity contribution < 1.29 is 9.18 Å². The molecule has 1 amide bonds. The van der Waals surface area contributed by atoms with Gasteiger partial charge in [0.25, 0.3) is 5.91 Å². The zero-order valence-electron chi connectivity index (χ0n) is 15.7. The van der Waals surface area contributed by atoms with Crippen LogP contribution in [0.4, 0.5) is 4.39 Å². The Morgan fingerprint density at radius 1 is 1.27 bits per heavy atom. The van der Waals surface area contributed by atoms with E-state index < -0.39 is 0 Å². The summed E-state index contributed by atoms with van der Waals surface area (Å²) in [6, 6.07) is 10.3. The van der Waals surface area contributed by atoms with Gasteiger partial charge in [-0.1, -0.05) is 25.5 Å². The molecule has 0 saturated carbocycles. The smallest absolute Gasteiger partial charge is 0.255 e. The summed E-state index contributed by atoms with van der Waals surface area (Å²) < 4.78 is 13.4. The zero-order chi connectivity index (χ0) is 18.7. The minimum absolute atomic E-state index is 0.0220. The van der Waals surface area contributed by atoms with Crippen LogP contribution >= 0.6 is 0 Å². The molecule has 5 heteroatoms. The number of carbonyl (C=O) groups is 1. The molecular formula is C21H26FN3O. The van der Waals surface area contributed by atoms with Crippen molar-refractivity contribution in [2.24, 2.45) is 5.92 Å². The Hall–Kier alpha value is -2.27. The first-order valence-electron chi connectivity index (χ1n) is 9.17. The number of likely N-dealkylation sites (tertiary alicyclic amines) is 1. The van der Waals surface area contributed by atoms with Crippen molar-refractivity contribution in [1.82, 2.24) is 14.8 Å². The Bertz CT molecular complexity index is 760. The molecule has 1 aromatic heterocycles. The molecule has 1 aromatic carbocycles. The van der Waals surface area contributed by atoms with Gasteiger partial charge in [0, 0.05) is 30.9 Å². The largest absolute Gasteiger partial charge is 0.337 e. The average molecular weight is 355 g/mol. The minimum atomic E-state index is -0.293. The Labute approximate surface area is 154 Å². The molecule has 1 fully saturated rings. The number of benzene rings is 1. The van der Waals surface area contributed by atoms with E-state index in [0.717, 1.165) is 25.9 Å². The van der Waals surface area contributed by atoms with E-state index in [-0.39, 0.29) is 11.7 Å². The fraction of sp³-hybridized carbons (Fsp3) is 0.429. The number of likely N-dealkylation sites (N-methyl/N-ethyl adjacent to an activating group) is 1. The van der Waals surface area contributed by atoms with E-state index in [1.165, 1.54) is 12.1 Å². The summed E-state index contributed by atoms with van der Waals surface area (Å²) in [5, 5.41) is 0. The van der Waals surface area contributed by atoms with E-state index in [2.05, 4.69) is 30.9 Å². The highest BCUT2D eigenvalue weighted by molar-refractivity contribution is 5.94. The third-order valence-electron chi connectivity index (χ3n) is 5.15. The molecule has 138 valence electrons. The van der Waals surface area contributed by atoms with Crippen molar-refractivity contribution in [3.63, 3.8) is 0 Å². The summed E-state index contributed by atoms with van der Waals surface area (Å²) in [6.45, 7) is 3.73. The van der Waals surface area contributed by atoms with Gasteiger partial charge < -0.3 is 9.80 Å². The molecule has 1 aliphatic heterocycles. The molecule has 1 saturated heterocycles. The van der Waals surface area contributed by atoms with Crippen LogP contribution in [0.2, 0.25) is 0 Å². The highest BCUT2D eigenvalue weighted by Crippen LogP contribution is 2.26. The van der Waals surface area contributed by atoms with Crippen molar-refractivity contribution >= 4 is 5.91 Å². The van der Waals surface area contributed by atoms with Gasteiger partial charge in [0.05, 0.1) is 11.3 Å². The number of hydrogen-bond donors (Lipinski definition) is 0. The van der Waals surface area contributed by atoms with Crippen LogP contribution in [0.25, 0.3) is 11.3 Å². The van der Waals surface area contributed by atoms with E-state index in [4.69, 9.17) is 0 Å². The maximum absolute atomic E-state index is 13.4. The van der Waals surface area contributed by atoms with Gasteiger partial charge in [0.1, 0.15) is 5.82 Å². The second-order valence-electron chi connectivity index (χ2n) is 7.23. The number of halogens is 1. The van der Waals surface area contributed by atoms with Gasteiger partial charge in [-0.05, 0) is 50.7 Å². The molecule has 1 aliphatic rings. The number of aromatic nitrogens is 1. The topological polar surface area (TPSA) is 36.4 Å². The predicted octanol–water partition coefficient (Wildman–Crippen LogP) is 3.69. The Kier molecular flexibility index (Phi) is 5.67. The van der Waals surface area contributed by atoms with Gasteiger partial charge in [0.15, 0.2) is 0 Å². The van der Waals surface area contributed by atoms with Gasteiger partial charge in [-0.25, -0.2) is 4.39 Å². The maximum Gasteiger partial charge on any atom is 0.255 e. The number of carbonyl (C=O) groups excluding carboxylic acids is 1. The van der Waals surface area contributed by atoms with Crippen LogP contribution in [-0.4, -0.2) is 53.9 Å². The average Bonchev–Trinajstić information content (AvgIpc) is 3.06. The van der Waals surface area contributed by atoms with Crippen molar-refractivity contribution in [2.45, 2.75) is 25.8 Å². The fourth-order valence-corrected chi connectivity index (χ4v) is 3.78. The number of nitrogens with zero attached hydrogens (tertiary/aromatic N) is 3. The molecule has 0 N–H and O–H groups in total. The summed E-state index contributed by atoms with van der Waals surface area (Å²) in [6.07, 6.45) is 3.85. The second-order valence-corrected chi connectivity index (χ2v) is 7.23. The highest BCUT2D eigenvalue weighted by Gasteiger charge is 2.36. The molecule has 0 radical (unpaired) electrons. The van der Waals surface area contributed by atoms with Crippen LogP contribution in [0.1, 0.15) is 30.1 Å². The lowest BCUT2D eigenvalue weighted by Crippen LogP contribution is -2.36. The Morgan fingerprint density at radius 3 is 2.69 bits per heavy atom. The lowest BCUT2D eigenvalue weighted by Gasteiger charge is -2.24. The monoisotopic (exact) mass is 355 g/mol. The van der Waals surface area contributed by atoms with Gasteiger partial charge in [-0.2, -0.15) is 0 Å². The SMILES string of the molecule is CCC[C@@H]1CN(C(=O)c2ccc(-c3cccc(F)c3)nc2)C[C@H]1N(C)C. The zero-order valence-corrected chi connectivity index (χ0v) is 15.7. The Balaban J connectivity index is 1.74. The number of pyridine rings is 1. The van der Waals surface area contributed by atoms with Crippen LogP contribution in [0.3, 0.4) is 0 Å². The van der Waals surface area contributed by atoms with Crippen LogP contribution < -0.4 is 0 Å². The molecule has 0 bridgehead atoms. The number of amides is 1. The molecular weight excluding hydrogens is 329 g/mol. The molecule has 0 spiro atoms. The molecule has 3 rings (SSSR count). The summed E-state index contributed by atoms with van der Waals surface area (Å²) in [4.78, 5) is 21.4. The van der Waals surface area contributed by atoms with Crippen molar-refractivity contribution in [3.05, 3.63) is 54.0 Å². The lowest BCUT2D eigenvalue weighted by molar-refractivity contribution is 0.0780. The van der Waals surface area contributed by atoms with Gasteiger partial charge in [-0.15, -0.1) is 0 Å². The summed E-state index contributed by atoms with van der Waals surface area (Å²) in [7, 11) is 4.16. The molecule has 0 aliphatic carbocycles. The van der Waals surface area contributed by atoms with E-state index in [1.54, 1.807) is 24.4 Å². The minimum Gasteiger partial charge on any atom is -0.337 e. The number of rotatable bonds is 5. The van der Waals surface area contributed by atoms with Crippen molar-refractivity contribution in [1.29, 1.82) is 0 Å². The third kappa shape index (κ3) is 3.93. The quantitative estimate of drug-likeness (QED) is 0.821. The third-order valence-corrected chi connectivity index (χ3v) is 5.15. The molecule has 26 heavy (non-hydrogen) atoms. The molecule has 4 nitrogen and oxygen atoms in total. The van der Waals surface area contributed by atoms with Crippen molar-refractivity contribution in [3.8, 4) is 11.3 Å². The van der Waals surface area contributed by atoms with Crippen LogP contribution in [-0.2, 0) is 0 Å². The van der Waals surface area contributed by atoms with E-state index in [9.17, 15) is 9.18 Å². The normalized spacial score (nSPS) is 20.0. The molecule has 2 atom stereocenters. The van der Waals surface area contributed by atoms with Gasteiger partial charge in [-0.3, -0.25) is 9.78 Å².